The van der Waals surface area contributed by atoms with Crippen molar-refractivity contribution < 1.29 is 9.22 Å². The maximum absolute atomic E-state index is 12.0. The summed E-state index contributed by atoms with van der Waals surface area (Å²) in [6.45, 7) is 12.4. The van der Waals surface area contributed by atoms with Crippen molar-refractivity contribution in [2.75, 3.05) is 6.61 Å². The van der Waals surface area contributed by atoms with Crippen molar-refractivity contribution in [2.24, 2.45) is 17.8 Å². The molecule has 0 bridgehead atoms. The van der Waals surface area contributed by atoms with Crippen LogP contribution in [0.25, 0.3) is 0 Å². The van der Waals surface area contributed by atoms with Crippen molar-refractivity contribution in [3.8, 4) is 0 Å². The smallest absolute Gasteiger partial charge is 0.191 e. The van der Waals surface area contributed by atoms with E-state index in [0.29, 0.717) is 18.3 Å². The molecule has 0 heterocycles. The highest BCUT2D eigenvalue weighted by Crippen LogP contribution is 2.56. The second-order valence-corrected chi connectivity index (χ2v) is 15.5. The largest absolute Gasteiger partial charge is 0.417 e. The molecule has 0 amide bonds. The van der Waals surface area contributed by atoms with Gasteiger partial charge in [-0.2, -0.15) is 0 Å². The van der Waals surface area contributed by atoms with Crippen LogP contribution in [0.3, 0.4) is 0 Å². The predicted octanol–water partition coefficient (Wildman–Crippen LogP) is 6.36. The molecule has 3 atom stereocenters. The first-order valence-corrected chi connectivity index (χ1v) is 13.2. The van der Waals surface area contributed by atoms with E-state index < -0.39 is 12.7 Å². The van der Waals surface area contributed by atoms with E-state index in [1.807, 2.05) is 0 Å². The molecule has 2 nitrogen and oxygen atoms in total. The first-order chi connectivity index (χ1) is 11.0. The third-order valence-electron chi connectivity index (χ3n) is 6.72. The summed E-state index contributed by atoms with van der Waals surface area (Å²) in [4.78, 5) is 12.0. The second-order valence-electron chi connectivity index (χ2n) is 9.32. The second kappa shape index (κ2) is 7.58. The molecule has 2 fully saturated rings. The van der Waals surface area contributed by atoms with Crippen molar-refractivity contribution in [1.29, 1.82) is 0 Å². The summed E-state index contributed by atoms with van der Waals surface area (Å²) in [5, 5.41) is 0.288. The van der Waals surface area contributed by atoms with Gasteiger partial charge in [-0.1, -0.05) is 63.2 Å². The number of rotatable bonds is 7. The molecule has 2 aliphatic rings. The normalized spacial score (nSPS) is 30.0. The van der Waals surface area contributed by atoms with Crippen molar-refractivity contribution >= 4 is 37.3 Å². The zero-order valence-electron chi connectivity index (χ0n) is 16.0. The minimum atomic E-state index is -1.60. The summed E-state index contributed by atoms with van der Waals surface area (Å²) in [6, 6.07) is 0. The van der Waals surface area contributed by atoms with Gasteiger partial charge in [-0.05, 0) is 49.2 Å². The lowest BCUT2D eigenvalue weighted by atomic mass is 9.88. The van der Waals surface area contributed by atoms with Gasteiger partial charge in [0.1, 0.15) is 0 Å². The van der Waals surface area contributed by atoms with Crippen LogP contribution in [0.5, 0.6) is 0 Å². The van der Waals surface area contributed by atoms with E-state index >= 15 is 0 Å². The summed E-state index contributed by atoms with van der Waals surface area (Å²) in [7, 11) is -1.60. The van der Waals surface area contributed by atoms with Gasteiger partial charge < -0.3 is 4.43 Å². The number of carbonyl (C=O) groups excluding carboxylic acids is 1. The van der Waals surface area contributed by atoms with Crippen molar-refractivity contribution in [2.45, 2.75) is 88.2 Å². The number of unbranched alkanes of at least 4 members (excludes halogenated alkanes) is 2. The fourth-order valence-corrected chi connectivity index (χ4v) is 5.84. The van der Waals surface area contributed by atoms with E-state index in [0.717, 1.165) is 19.4 Å². The van der Waals surface area contributed by atoms with Crippen LogP contribution < -0.4 is 0 Å². The molecule has 0 aromatic heterocycles. The number of Topliss-reactive ketones (excluding diaryl/α,β-unsaturated/α-hetero) is 1. The number of hydrogen-bond donors (Lipinski definition) is 0. The van der Waals surface area contributed by atoms with Crippen LogP contribution in [-0.4, -0.2) is 25.0 Å². The summed E-state index contributed by atoms with van der Waals surface area (Å²) in [5.74, 6) is 1.31. The Bertz CT molecular complexity index is 457. The van der Waals surface area contributed by atoms with E-state index in [1.165, 1.54) is 25.7 Å². The van der Waals surface area contributed by atoms with Crippen LogP contribution >= 0.6 is 23.2 Å². The average molecular weight is 393 g/mol. The Kier molecular flexibility index (Phi) is 6.55. The number of hydrogen-bond acceptors (Lipinski definition) is 2. The molecule has 2 saturated carbocycles. The maximum Gasteiger partial charge on any atom is 0.191 e. The summed E-state index contributed by atoms with van der Waals surface area (Å²) >= 11 is 12.5. The monoisotopic (exact) mass is 392 g/mol. The topological polar surface area (TPSA) is 26.3 Å². The Labute approximate surface area is 159 Å². The minimum Gasteiger partial charge on any atom is -0.417 e. The Morgan fingerprint density at radius 2 is 1.83 bits per heavy atom. The lowest BCUT2D eigenvalue weighted by molar-refractivity contribution is -0.118. The van der Waals surface area contributed by atoms with Gasteiger partial charge >= 0.3 is 0 Å². The molecule has 3 unspecified atom stereocenters. The molecule has 0 spiro atoms. The molecule has 0 aromatic carbocycles. The van der Waals surface area contributed by atoms with Gasteiger partial charge in [0.25, 0.3) is 0 Å². The van der Waals surface area contributed by atoms with Gasteiger partial charge in [0.15, 0.2) is 18.4 Å². The van der Waals surface area contributed by atoms with Crippen molar-refractivity contribution in [3.63, 3.8) is 0 Å². The molecule has 0 radical (unpaired) electrons. The highest BCUT2D eigenvalue weighted by molar-refractivity contribution is 6.74. The lowest BCUT2D eigenvalue weighted by Gasteiger charge is -2.36. The minimum absolute atomic E-state index is 0.0494. The molecule has 0 N–H and O–H groups in total. The average Bonchev–Trinajstić information content (AvgIpc) is 2.93. The van der Waals surface area contributed by atoms with Crippen LogP contribution in [0.1, 0.15) is 65.7 Å². The molecular weight excluding hydrogens is 359 g/mol. The quantitative estimate of drug-likeness (QED) is 0.286. The summed E-state index contributed by atoms with van der Waals surface area (Å²) < 4.78 is 5.14. The molecule has 24 heavy (non-hydrogen) atoms. The highest BCUT2D eigenvalue weighted by atomic mass is 35.5. The van der Waals surface area contributed by atoms with Gasteiger partial charge in [0, 0.05) is 18.9 Å². The van der Waals surface area contributed by atoms with Gasteiger partial charge in [0.05, 0.1) is 0 Å². The molecule has 0 aromatic rings. The van der Waals surface area contributed by atoms with E-state index in [-0.39, 0.29) is 16.7 Å². The third-order valence-corrected chi connectivity index (χ3v) is 12.2. The predicted molar refractivity (Wildman–Crippen MR) is 105 cm³/mol. The molecule has 2 aliphatic carbocycles. The molecule has 2 rings (SSSR count). The highest BCUT2D eigenvalue weighted by Gasteiger charge is 2.57. The first-order valence-electron chi connectivity index (χ1n) is 9.52. The van der Waals surface area contributed by atoms with E-state index in [2.05, 4.69) is 33.9 Å². The summed E-state index contributed by atoms with van der Waals surface area (Å²) in [6.07, 6.45) is 7.58. The standard InChI is InChI=1S/C19H34Cl2O2Si/c1-18(2,3)24(4,5)23-12-8-6-7-9-14-10-11-16-15(14)13-17(22)19(16,20)21/h14-16H,6-13H2,1-5H3. The van der Waals surface area contributed by atoms with Gasteiger partial charge in [0.2, 0.25) is 0 Å². The zero-order valence-corrected chi connectivity index (χ0v) is 18.5. The molecule has 5 heteroatoms. The number of alkyl halides is 2. The number of carbonyl (C=O) groups is 1. The molecular formula is C19H34Cl2O2Si. The van der Waals surface area contributed by atoms with Gasteiger partial charge in [-0.3, -0.25) is 4.79 Å². The third kappa shape index (κ3) is 4.39. The Morgan fingerprint density at radius 1 is 1.17 bits per heavy atom. The van der Waals surface area contributed by atoms with Crippen molar-refractivity contribution in [3.05, 3.63) is 0 Å². The van der Waals surface area contributed by atoms with Crippen LogP contribution in [0, 0.1) is 17.8 Å². The van der Waals surface area contributed by atoms with Crippen LogP contribution in [0.2, 0.25) is 18.1 Å². The maximum atomic E-state index is 12.0. The SMILES string of the molecule is CC(C)(C)[Si](C)(C)OCCCCCC1CCC2C1CC(=O)C2(Cl)Cl. The van der Waals surface area contributed by atoms with E-state index in [4.69, 9.17) is 27.6 Å². The van der Waals surface area contributed by atoms with Crippen LogP contribution in [0.4, 0.5) is 0 Å². The van der Waals surface area contributed by atoms with Crippen LogP contribution in [-0.2, 0) is 9.22 Å². The first kappa shape index (κ1) is 20.7. The van der Waals surface area contributed by atoms with Gasteiger partial charge in [-0.15, -0.1) is 0 Å². The number of fused-ring (bicyclic) bond motifs is 1. The van der Waals surface area contributed by atoms with Gasteiger partial charge in [-0.25, -0.2) is 0 Å². The number of ketones is 1. The fraction of sp³-hybridized carbons (Fsp3) is 0.947. The van der Waals surface area contributed by atoms with E-state index in [1.54, 1.807) is 0 Å². The van der Waals surface area contributed by atoms with Crippen molar-refractivity contribution in [1.82, 2.24) is 0 Å². The lowest BCUT2D eigenvalue weighted by Crippen LogP contribution is -2.40. The Morgan fingerprint density at radius 3 is 2.46 bits per heavy atom. The van der Waals surface area contributed by atoms with Crippen LogP contribution in [0.15, 0.2) is 0 Å². The molecule has 140 valence electrons. The molecule has 0 aliphatic heterocycles. The zero-order chi connectivity index (χ0) is 18.2. The fourth-order valence-electron chi connectivity index (χ4n) is 4.05. The Hall–Kier alpha value is 0.427. The number of halogens is 2. The van der Waals surface area contributed by atoms with E-state index in [9.17, 15) is 4.79 Å². The Balaban J connectivity index is 1.65. The molecule has 0 saturated heterocycles. The summed E-state index contributed by atoms with van der Waals surface area (Å²) in [5.41, 5.74) is 0.